The van der Waals surface area contributed by atoms with Gasteiger partial charge in [0, 0.05) is 26.2 Å². The molecule has 1 heterocycles. The van der Waals surface area contributed by atoms with Gasteiger partial charge in [-0.25, -0.2) is 0 Å². The van der Waals surface area contributed by atoms with Crippen molar-refractivity contribution in [3.05, 3.63) is 33.8 Å². The molecule has 0 atom stereocenters. The Morgan fingerprint density at radius 1 is 1.16 bits per heavy atom. The molecule has 1 aliphatic heterocycles. The van der Waals surface area contributed by atoms with Crippen molar-refractivity contribution in [3.63, 3.8) is 0 Å². The Hall–Kier alpha value is -0.770. The molecule has 0 spiro atoms. The third-order valence-electron chi connectivity index (χ3n) is 3.51. The fourth-order valence-electron chi connectivity index (χ4n) is 2.25. The second kappa shape index (κ2) is 6.60. The highest BCUT2D eigenvalue weighted by molar-refractivity contribution is 6.42. The Morgan fingerprint density at radius 2 is 1.84 bits per heavy atom. The molecule has 0 aliphatic carbocycles. The third kappa shape index (κ3) is 3.85. The zero-order valence-corrected chi connectivity index (χ0v) is 12.5. The topological polar surface area (TPSA) is 23.6 Å². The Bertz CT molecular complexity index is 457. The number of amides is 1. The summed E-state index contributed by atoms with van der Waals surface area (Å²) < 4.78 is 0. The Morgan fingerprint density at radius 3 is 2.42 bits per heavy atom. The van der Waals surface area contributed by atoms with E-state index in [-0.39, 0.29) is 5.91 Å². The molecular weight excluding hydrogens is 283 g/mol. The standard InChI is InChI=1S/C14H18Cl2N2O/c1-2-17-5-7-18(8-6-17)14(19)10-11-3-4-12(15)13(16)9-11/h3-4,9H,2,5-8,10H2,1H3. The third-order valence-corrected chi connectivity index (χ3v) is 4.25. The van der Waals surface area contributed by atoms with Crippen molar-refractivity contribution in [2.24, 2.45) is 0 Å². The smallest absolute Gasteiger partial charge is 0.227 e. The van der Waals surface area contributed by atoms with Crippen LogP contribution in [0.5, 0.6) is 0 Å². The van der Waals surface area contributed by atoms with E-state index < -0.39 is 0 Å². The molecule has 0 saturated carbocycles. The van der Waals surface area contributed by atoms with E-state index in [1.54, 1.807) is 12.1 Å². The van der Waals surface area contributed by atoms with Crippen LogP contribution in [0.2, 0.25) is 10.0 Å². The molecule has 3 nitrogen and oxygen atoms in total. The van der Waals surface area contributed by atoms with Crippen molar-refractivity contribution >= 4 is 29.1 Å². The summed E-state index contributed by atoms with van der Waals surface area (Å²) >= 11 is 11.8. The lowest BCUT2D eigenvalue weighted by Gasteiger charge is -2.34. The molecule has 2 rings (SSSR count). The Balaban J connectivity index is 1.92. The van der Waals surface area contributed by atoms with Crippen LogP contribution >= 0.6 is 23.2 Å². The number of piperazine rings is 1. The van der Waals surface area contributed by atoms with Gasteiger partial charge in [0.25, 0.3) is 0 Å². The van der Waals surface area contributed by atoms with Gasteiger partial charge in [-0.1, -0.05) is 36.2 Å². The van der Waals surface area contributed by atoms with E-state index in [1.165, 1.54) is 0 Å². The minimum Gasteiger partial charge on any atom is -0.340 e. The Kier molecular flexibility index (Phi) is 5.08. The summed E-state index contributed by atoms with van der Waals surface area (Å²) in [4.78, 5) is 16.5. The van der Waals surface area contributed by atoms with Crippen LogP contribution in [0, 0.1) is 0 Å². The number of rotatable bonds is 3. The molecule has 5 heteroatoms. The SMILES string of the molecule is CCN1CCN(C(=O)Cc2ccc(Cl)c(Cl)c2)CC1. The summed E-state index contributed by atoms with van der Waals surface area (Å²) in [5.41, 5.74) is 0.914. The van der Waals surface area contributed by atoms with Gasteiger partial charge in [-0.2, -0.15) is 0 Å². The molecule has 1 aromatic rings. The number of halogens is 2. The van der Waals surface area contributed by atoms with Crippen molar-refractivity contribution in [1.82, 2.24) is 9.80 Å². The first kappa shape index (κ1) is 14.6. The van der Waals surface area contributed by atoms with Gasteiger partial charge in [-0.3, -0.25) is 4.79 Å². The molecule has 0 unspecified atom stereocenters. The van der Waals surface area contributed by atoms with Crippen molar-refractivity contribution in [3.8, 4) is 0 Å². The van der Waals surface area contributed by atoms with Gasteiger partial charge in [-0.15, -0.1) is 0 Å². The predicted molar refractivity (Wildman–Crippen MR) is 78.9 cm³/mol. The zero-order chi connectivity index (χ0) is 13.8. The molecule has 104 valence electrons. The number of hydrogen-bond donors (Lipinski definition) is 0. The number of nitrogens with zero attached hydrogens (tertiary/aromatic N) is 2. The van der Waals surface area contributed by atoms with Crippen molar-refractivity contribution in [1.29, 1.82) is 0 Å². The number of hydrogen-bond acceptors (Lipinski definition) is 2. The minimum absolute atomic E-state index is 0.161. The van der Waals surface area contributed by atoms with Crippen molar-refractivity contribution < 1.29 is 4.79 Å². The molecule has 0 N–H and O–H groups in total. The van der Waals surface area contributed by atoms with Gasteiger partial charge in [0.1, 0.15) is 0 Å². The summed E-state index contributed by atoms with van der Waals surface area (Å²) in [5, 5.41) is 1.03. The van der Waals surface area contributed by atoms with Gasteiger partial charge >= 0.3 is 0 Å². The van der Waals surface area contributed by atoms with Crippen LogP contribution in [-0.2, 0) is 11.2 Å². The fraction of sp³-hybridized carbons (Fsp3) is 0.500. The van der Waals surface area contributed by atoms with E-state index in [0.717, 1.165) is 38.3 Å². The van der Waals surface area contributed by atoms with Crippen LogP contribution in [-0.4, -0.2) is 48.4 Å². The lowest BCUT2D eigenvalue weighted by atomic mass is 10.1. The molecule has 1 aromatic carbocycles. The number of carbonyl (C=O) groups excluding carboxylic acids is 1. The first-order valence-corrected chi connectivity index (χ1v) is 7.30. The molecular formula is C14H18Cl2N2O. The van der Waals surface area contributed by atoms with Crippen molar-refractivity contribution in [2.45, 2.75) is 13.3 Å². The van der Waals surface area contributed by atoms with E-state index in [1.807, 2.05) is 11.0 Å². The average molecular weight is 301 g/mol. The highest BCUT2D eigenvalue weighted by Gasteiger charge is 2.20. The maximum atomic E-state index is 12.2. The quantitative estimate of drug-likeness (QED) is 0.857. The summed E-state index contributed by atoms with van der Waals surface area (Å²) in [6.45, 7) is 6.75. The maximum Gasteiger partial charge on any atom is 0.227 e. The largest absolute Gasteiger partial charge is 0.340 e. The maximum absolute atomic E-state index is 12.2. The summed E-state index contributed by atoms with van der Waals surface area (Å²) in [5.74, 6) is 0.161. The van der Waals surface area contributed by atoms with Gasteiger partial charge in [0.15, 0.2) is 0 Å². The Labute approximate surface area is 124 Å². The molecule has 1 fully saturated rings. The van der Waals surface area contributed by atoms with Crippen LogP contribution in [0.25, 0.3) is 0 Å². The van der Waals surface area contributed by atoms with E-state index >= 15 is 0 Å². The number of likely N-dealkylation sites (N-methyl/N-ethyl adjacent to an activating group) is 1. The highest BCUT2D eigenvalue weighted by Crippen LogP contribution is 2.23. The molecule has 19 heavy (non-hydrogen) atoms. The second-order valence-corrected chi connectivity index (χ2v) is 5.55. The van der Waals surface area contributed by atoms with Crippen LogP contribution in [0.15, 0.2) is 18.2 Å². The summed E-state index contributed by atoms with van der Waals surface area (Å²) in [6.07, 6.45) is 0.392. The first-order valence-electron chi connectivity index (χ1n) is 6.54. The molecule has 0 bridgehead atoms. The molecule has 1 aliphatic rings. The monoisotopic (exact) mass is 300 g/mol. The molecule has 1 saturated heterocycles. The molecule has 0 aromatic heterocycles. The molecule has 0 radical (unpaired) electrons. The van der Waals surface area contributed by atoms with E-state index in [4.69, 9.17) is 23.2 Å². The van der Waals surface area contributed by atoms with Gasteiger partial charge in [0.05, 0.1) is 16.5 Å². The number of benzene rings is 1. The second-order valence-electron chi connectivity index (χ2n) is 4.74. The summed E-state index contributed by atoms with van der Waals surface area (Å²) in [7, 11) is 0. The zero-order valence-electron chi connectivity index (χ0n) is 11.0. The minimum atomic E-state index is 0.161. The van der Waals surface area contributed by atoms with Crippen molar-refractivity contribution in [2.75, 3.05) is 32.7 Å². The van der Waals surface area contributed by atoms with Gasteiger partial charge < -0.3 is 9.80 Å². The van der Waals surface area contributed by atoms with E-state index in [0.29, 0.717) is 16.5 Å². The predicted octanol–water partition coefficient (Wildman–Crippen LogP) is 2.70. The molecule has 1 amide bonds. The average Bonchev–Trinajstić information content (AvgIpc) is 2.43. The van der Waals surface area contributed by atoms with Crippen LogP contribution in [0.3, 0.4) is 0 Å². The number of carbonyl (C=O) groups is 1. The normalized spacial score (nSPS) is 16.7. The van der Waals surface area contributed by atoms with Crippen LogP contribution in [0.4, 0.5) is 0 Å². The first-order chi connectivity index (χ1) is 9.10. The van der Waals surface area contributed by atoms with Gasteiger partial charge in [-0.05, 0) is 24.2 Å². The van der Waals surface area contributed by atoms with Crippen LogP contribution in [0.1, 0.15) is 12.5 Å². The summed E-state index contributed by atoms with van der Waals surface area (Å²) in [6, 6.07) is 5.36. The lowest BCUT2D eigenvalue weighted by molar-refractivity contribution is -0.132. The lowest BCUT2D eigenvalue weighted by Crippen LogP contribution is -2.48. The van der Waals surface area contributed by atoms with E-state index in [9.17, 15) is 4.79 Å². The van der Waals surface area contributed by atoms with E-state index in [2.05, 4.69) is 11.8 Å². The fourth-order valence-corrected chi connectivity index (χ4v) is 2.57. The van der Waals surface area contributed by atoms with Gasteiger partial charge in [0.2, 0.25) is 5.91 Å². The highest BCUT2D eigenvalue weighted by atomic mass is 35.5. The van der Waals surface area contributed by atoms with Crippen LogP contribution < -0.4 is 0 Å².